The van der Waals surface area contributed by atoms with E-state index in [0.29, 0.717) is 11.6 Å². The molecule has 2 nitrogen and oxygen atoms in total. The van der Waals surface area contributed by atoms with Crippen LogP contribution in [0.15, 0.2) is 11.6 Å². The van der Waals surface area contributed by atoms with E-state index in [4.69, 9.17) is 5.73 Å². The zero-order valence-electron chi connectivity index (χ0n) is 12.4. The Morgan fingerprint density at radius 2 is 1.68 bits per heavy atom. The van der Waals surface area contributed by atoms with E-state index >= 15 is 0 Å². The van der Waals surface area contributed by atoms with Crippen molar-refractivity contribution in [1.82, 2.24) is 4.90 Å². The normalized spacial score (nSPS) is 30.1. The molecule has 1 heterocycles. The largest absolute Gasteiger partial charge is 0.323 e. The third-order valence-electron chi connectivity index (χ3n) is 5.76. The number of nitrogens with zero attached hydrogens (tertiary/aromatic N) is 1. The number of likely N-dealkylation sites (tertiary alicyclic amines) is 1. The summed E-state index contributed by atoms with van der Waals surface area (Å²) in [6, 6.07) is 0.311. The topological polar surface area (TPSA) is 29.3 Å². The van der Waals surface area contributed by atoms with Gasteiger partial charge in [0.2, 0.25) is 0 Å². The molecule has 2 fully saturated rings. The highest BCUT2D eigenvalue weighted by Crippen LogP contribution is 2.42. The van der Waals surface area contributed by atoms with Gasteiger partial charge < -0.3 is 5.73 Å². The summed E-state index contributed by atoms with van der Waals surface area (Å²) < 4.78 is 0. The van der Waals surface area contributed by atoms with Gasteiger partial charge in [-0.1, -0.05) is 30.9 Å². The Labute approximate surface area is 118 Å². The molecule has 0 radical (unpaired) electrons. The molecule has 19 heavy (non-hydrogen) atoms. The zero-order valence-corrected chi connectivity index (χ0v) is 12.4. The van der Waals surface area contributed by atoms with E-state index in [1.165, 1.54) is 83.7 Å². The molecule has 1 saturated carbocycles. The lowest BCUT2D eigenvalue weighted by molar-refractivity contribution is 0.103. The summed E-state index contributed by atoms with van der Waals surface area (Å²) in [6.45, 7) is 2.59. The molecule has 2 aliphatic carbocycles. The number of hydrogen-bond donors (Lipinski definition) is 1. The van der Waals surface area contributed by atoms with Crippen LogP contribution in [-0.2, 0) is 0 Å². The van der Waals surface area contributed by atoms with Gasteiger partial charge in [0, 0.05) is 11.6 Å². The Kier molecular flexibility index (Phi) is 4.28. The van der Waals surface area contributed by atoms with Crippen LogP contribution in [0.25, 0.3) is 0 Å². The van der Waals surface area contributed by atoms with E-state index in [-0.39, 0.29) is 0 Å². The van der Waals surface area contributed by atoms with Gasteiger partial charge in [-0.2, -0.15) is 0 Å². The van der Waals surface area contributed by atoms with Crippen LogP contribution in [0.5, 0.6) is 0 Å². The highest BCUT2D eigenvalue weighted by Gasteiger charge is 2.46. The van der Waals surface area contributed by atoms with Gasteiger partial charge in [-0.25, -0.2) is 0 Å². The predicted molar refractivity (Wildman–Crippen MR) is 81.1 cm³/mol. The van der Waals surface area contributed by atoms with Gasteiger partial charge in [-0.15, -0.1) is 0 Å². The van der Waals surface area contributed by atoms with Crippen LogP contribution in [0.1, 0.15) is 70.6 Å². The molecule has 1 atom stereocenters. The second kappa shape index (κ2) is 5.97. The van der Waals surface area contributed by atoms with Crippen molar-refractivity contribution in [3.05, 3.63) is 11.6 Å². The summed E-state index contributed by atoms with van der Waals surface area (Å²) in [5.41, 5.74) is 8.74. The molecule has 0 aromatic heterocycles. The second-order valence-electron chi connectivity index (χ2n) is 6.86. The summed E-state index contributed by atoms with van der Waals surface area (Å²) in [5.74, 6) is 0. The number of rotatable bonds is 3. The summed E-state index contributed by atoms with van der Waals surface area (Å²) in [7, 11) is 0. The number of allylic oxidation sites excluding steroid dienone is 1. The van der Waals surface area contributed by atoms with Crippen molar-refractivity contribution in [3.8, 4) is 0 Å². The minimum Gasteiger partial charge on any atom is -0.323 e. The molecular weight excluding hydrogens is 232 g/mol. The van der Waals surface area contributed by atoms with Crippen molar-refractivity contribution in [3.63, 3.8) is 0 Å². The molecule has 108 valence electrons. The minimum atomic E-state index is 0.311. The SMILES string of the molecule is NC(C1=CCCCCC1)C1(N2CCCC2)CCCC1. The predicted octanol–water partition coefficient (Wildman–Crippen LogP) is 3.61. The lowest BCUT2D eigenvalue weighted by Crippen LogP contribution is -2.58. The van der Waals surface area contributed by atoms with Crippen molar-refractivity contribution >= 4 is 0 Å². The summed E-state index contributed by atoms with van der Waals surface area (Å²) in [5, 5.41) is 0. The third kappa shape index (κ3) is 2.62. The molecule has 0 amide bonds. The van der Waals surface area contributed by atoms with E-state index in [1.807, 2.05) is 0 Å². The fourth-order valence-corrected chi connectivity index (χ4v) is 4.64. The average molecular weight is 262 g/mol. The number of hydrogen-bond acceptors (Lipinski definition) is 2. The molecule has 0 aromatic rings. The Hall–Kier alpha value is -0.340. The fraction of sp³-hybridized carbons (Fsp3) is 0.882. The Bertz CT molecular complexity index is 322. The molecule has 3 aliphatic rings. The average Bonchev–Trinajstić information content (AvgIpc) is 3.05. The Balaban J connectivity index is 1.80. The molecule has 1 unspecified atom stereocenters. The van der Waals surface area contributed by atoms with Crippen molar-refractivity contribution in [2.75, 3.05) is 13.1 Å². The second-order valence-corrected chi connectivity index (χ2v) is 6.86. The van der Waals surface area contributed by atoms with Crippen molar-refractivity contribution in [2.45, 2.75) is 82.2 Å². The summed E-state index contributed by atoms with van der Waals surface area (Å²) in [4.78, 5) is 2.76. The van der Waals surface area contributed by atoms with E-state index in [9.17, 15) is 0 Å². The first-order valence-electron chi connectivity index (χ1n) is 8.52. The lowest BCUT2D eigenvalue weighted by atomic mass is 9.81. The Morgan fingerprint density at radius 3 is 2.42 bits per heavy atom. The molecule has 0 aromatic carbocycles. The van der Waals surface area contributed by atoms with Crippen LogP contribution >= 0.6 is 0 Å². The third-order valence-corrected chi connectivity index (χ3v) is 5.76. The van der Waals surface area contributed by atoms with Crippen molar-refractivity contribution in [1.29, 1.82) is 0 Å². The standard InChI is InChI=1S/C17H30N2/c18-16(15-9-3-1-2-4-10-15)17(11-5-6-12-17)19-13-7-8-14-19/h9,16H,1-8,10-14,18H2. The molecule has 1 aliphatic heterocycles. The molecule has 1 saturated heterocycles. The highest BCUT2D eigenvalue weighted by atomic mass is 15.2. The Morgan fingerprint density at radius 1 is 0.947 bits per heavy atom. The first-order chi connectivity index (χ1) is 9.33. The van der Waals surface area contributed by atoms with Crippen molar-refractivity contribution < 1.29 is 0 Å². The van der Waals surface area contributed by atoms with Crippen LogP contribution < -0.4 is 5.73 Å². The monoisotopic (exact) mass is 262 g/mol. The van der Waals surface area contributed by atoms with Crippen LogP contribution in [0.2, 0.25) is 0 Å². The molecule has 0 bridgehead atoms. The molecular formula is C17H30N2. The van der Waals surface area contributed by atoms with Crippen LogP contribution in [0, 0.1) is 0 Å². The maximum Gasteiger partial charge on any atom is 0.0441 e. The van der Waals surface area contributed by atoms with Gasteiger partial charge in [0.1, 0.15) is 0 Å². The lowest BCUT2D eigenvalue weighted by Gasteiger charge is -2.44. The minimum absolute atomic E-state index is 0.311. The van der Waals surface area contributed by atoms with Gasteiger partial charge in [0.15, 0.2) is 0 Å². The molecule has 2 N–H and O–H groups in total. The van der Waals surface area contributed by atoms with Crippen molar-refractivity contribution in [2.24, 2.45) is 5.73 Å². The maximum atomic E-state index is 6.83. The molecule has 0 spiro atoms. The van der Waals surface area contributed by atoms with Crippen LogP contribution in [-0.4, -0.2) is 29.6 Å². The highest BCUT2D eigenvalue weighted by molar-refractivity contribution is 5.21. The van der Waals surface area contributed by atoms with Gasteiger partial charge >= 0.3 is 0 Å². The van der Waals surface area contributed by atoms with Gasteiger partial charge in [-0.3, -0.25) is 4.90 Å². The van der Waals surface area contributed by atoms with Crippen LogP contribution in [0.3, 0.4) is 0 Å². The van der Waals surface area contributed by atoms with Gasteiger partial charge in [-0.05, 0) is 64.5 Å². The number of nitrogens with two attached hydrogens (primary N) is 1. The summed E-state index contributed by atoms with van der Waals surface area (Å²) >= 11 is 0. The van der Waals surface area contributed by atoms with E-state index in [1.54, 1.807) is 5.57 Å². The van der Waals surface area contributed by atoms with Gasteiger partial charge in [0.05, 0.1) is 0 Å². The quantitative estimate of drug-likeness (QED) is 0.787. The fourth-order valence-electron chi connectivity index (χ4n) is 4.64. The van der Waals surface area contributed by atoms with E-state index < -0.39 is 0 Å². The smallest absolute Gasteiger partial charge is 0.0441 e. The first-order valence-corrected chi connectivity index (χ1v) is 8.52. The van der Waals surface area contributed by atoms with E-state index in [2.05, 4.69) is 11.0 Å². The first kappa shape index (κ1) is 13.6. The van der Waals surface area contributed by atoms with E-state index in [0.717, 1.165) is 0 Å². The zero-order chi connectivity index (χ0) is 13.1. The summed E-state index contributed by atoms with van der Waals surface area (Å²) in [6.07, 6.45) is 17.3. The van der Waals surface area contributed by atoms with Gasteiger partial charge in [0.25, 0.3) is 0 Å². The maximum absolute atomic E-state index is 6.83. The van der Waals surface area contributed by atoms with Crippen LogP contribution in [0.4, 0.5) is 0 Å². The molecule has 3 rings (SSSR count). The molecule has 2 heteroatoms.